The Morgan fingerprint density at radius 3 is 2.71 bits per heavy atom. The van der Waals surface area contributed by atoms with Crippen LogP contribution in [0, 0.1) is 11.3 Å². The first kappa shape index (κ1) is 15.7. The molecule has 10 heteroatoms. The number of benzene rings is 1. The van der Waals surface area contributed by atoms with Gasteiger partial charge in [0.2, 0.25) is 5.95 Å². The first-order chi connectivity index (χ1) is 11.4. The summed E-state index contributed by atoms with van der Waals surface area (Å²) in [4.78, 5) is 3.42. The summed E-state index contributed by atoms with van der Waals surface area (Å²) < 4.78 is 44.4. The fraction of sp³-hybridized carbons (Fsp3) is 0.214. The van der Waals surface area contributed by atoms with Gasteiger partial charge < -0.3 is 15.8 Å². The lowest BCUT2D eigenvalue weighted by Gasteiger charge is -2.26. The number of ether oxygens (including phenoxy) is 1. The lowest BCUT2D eigenvalue weighted by atomic mass is 9.97. The van der Waals surface area contributed by atoms with E-state index < -0.39 is 18.0 Å². The SMILES string of the molecule is COc1ccccc1C1Nc2nc(C(F)(F)F)nn2C(N)=C1C#N. The monoisotopic (exact) mass is 336 g/mol. The number of methoxy groups -OCH3 is 1. The Kier molecular flexibility index (Phi) is 3.56. The molecule has 0 saturated carbocycles. The van der Waals surface area contributed by atoms with Crippen molar-refractivity contribution in [2.45, 2.75) is 12.2 Å². The molecule has 1 aromatic heterocycles. The number of nitrogens with two attached hydrogens (primary N) is 1. The van der Waals surface area contributed by atoms with Gasteiger partial charge >= 0.3 is 6.18 Å². The fourth-order valence-corrected chi connectivity index (χ4v) is 2.42. The maximum absolute atomic E-state index is 12.8. The molecule has 7 nitrogen and oxygen atoms in total. The molecule has 3 rings (SSSR count). The van der Waals surface area contributed by atoms with Crippen molar-refractivity contribution in [3.05, 3.63) is 41.2 Å². The zero-order chi connectivity index (χ0) is 17.5. The molecule has 0 radical (unpaired) electrons. The van der Waals surface area contributed by atoms with Crippen LogP contribution in [0.3, 0.4) is 0 Å². The van der Waals surface area contributed by atoms with Gasteiger partial charge in [-0.2, -0.15) is 28.1 Å². The van der Waals surface area contributed by atoms with Crippen LogP contribution >= 0.6 is 0 Å². The molecule has 1 unspecified atom stereocenters. The molecular weight excluding hydrogens is 325 g/mol. The van der Waals surface area contributed by atoms with E-state index in [0.717, 1.165) is 4.68 Å². The Hall–Kier alpha value is -3.22. The number of nitrogens with one attached hydrogen (secondary N) is 1. The normalized spacial score (nSPS) is 17.0. The molecule has 1 aliphatic rings. The highest BCUT2D eigenvalue weighted by Gasteiger charge is 2.40. The van der Waals surface area contributed by atoms with Gasteiger partial charge in [-0.15, -0.1) is 5.10 Å². The summed E-state index contributed by atoms with van der Waals surface area (Å²) in [6, 6.07) is 7.90. The predicted molar refractivity (Wildman–Crippen MR) is 77.4 cm³/mol. The van der Waals surface area contributed by atoms with Gasteiger partial charge in [0.25, 0.3) is 5.82 Å². The summed E-state index contributed by atoms with van der Waals surface area (Å²) in [5.41, 5.74) is 6.41. The fourth-order valence-electron chi connectivity index (χ4n) is 2.42. The van der Waals surface area contributed by atoms with Gasteiger partial charge in [0.15, 0.2) is 0 Å². The number of rotatable bonds is 2. The minimum Gasteiger partial charge on any atom is -0.496 e. The first-order valence-corrected chi connectivity index (χ1v) is 6.70. The van der Waals surface area contributed by atoms with Crippen molar-refractivity contribution in [1.29, 1.82) is 5.26 Å². The lowest BCUT2D eigenvalue weighted by Crippen LogP contribution is -2.27. The molecule has 0 aliphatic carbocycles. The van der Waals surface area contributed by atoms with E-state index in [1.807, 2.05) is 6.07 Å². The molecule has 1 aliphatic heterocycles. The summed E-state index contributed by atoms with van der Waals surface area (Å²) in [5.74, 6) is -1.30. The van der Waals surface area contributed by atoms with Gasteiger partial charge in [-0.05, 0) is 6.07 Å². The van der Waals surface area contributed by atoms with E-state index in [-0.39, 0.29) is 17.3 Å². The molecule has 0 saturated heterocycles. The van der Waals surface area contributed by atoms with Crippen molar-refractivity contribution < 1.29 is 17.9 Å². The molecule has 0 bridgehead atoms. The second-order valence-electron chi connectivity index (χ2n) is 4.90. The lowest BCUT2D eigenvalue weighted by molar-refractivity contribution is -0.144. The predicted octanol–water partition coefficient (Wildman–Crippen LogP) is 2.12. The smallest absolute Gasteiger partial charge is 0.453 e. The number of fused-ring (bicyclic) bond motifs is 1. The van der Waals surface area contributed by atoms with Gasteiger partial charge in [0.05, 0.1) is 18.7 Å². The Balaban J connectivity index is 2.14. The summed E-state index contributed by atoms with van der Waals surface area (Å²) in [5, 5.41) is 15.5. The zero-order valence-corrected chi connectivity index (χ0v) is 12.3. The van der Waals surface area contributed by atoms with Crippen molar-refractivity contribution >= 4 is 11.8 Å². The second-order valence-corrected chi connectivity index (χ2v) is 4.90. The Morgan fingerprint density at radius 2 is 2.08 bits per heavy atom. The van der Waals surface area contributed by atoms with Crippen LogP contribution in [-0.2, 0) is 6.18 Å². The number of alkyl halides is 3. The highest BCUT2D eigenvalue weighted by Crippen LogP contribution is 2.38. The van der Waals surface area contributed by atoms with E-state index >= 15 is 0 Å². The molecule has 2 heterocycles. The Bertz CT molecular complexity index is 864. The number of nitrogens with zero attached hydrogens (tertiary/aromatic N) is 4. The molecular formula is C14H11F3N6O. The Labute approximate surface area is 134 Å². The number of hydrogen-bond donors (Lipinski definition) is 2. The highest BCUT2D eigenvalue weighted by molar-refractivity contribution is 5.66. The quantitative estimate of drug-likeness (QED) is 0.871. The molecule has 3 N–H and O–H groups in total. The number of hydrogen-bond acceptors (Lipinski definition) is 6. The number of para-hydroxylation sites is 1. The van der Waals surface area contributed by atoms with E-state index in [0.29, 0.717) is 11.3 Å². The average Bonchev–Trinajstić information content (AvgIpc) is 2.99. The minimum absolute atomic E-state index is 0.0191. The van der Waals surface area contributed by atoms with E-state index in [1.54, 1.807) is 24.3 Å². The average molecular weight is 336 g/mol. The van der Waals surface area contributed by atoms with Crippen LogP contribution in [-0.4, -0.2) is 21.9 Å². The van der Waals surface area contributed by atoms with Gasteiger partial charge in [0.1, 0.15) is 17.6 Å². The van der Waals surface area contributed by atoms with E-state index in [1.165, 1.54) is 7.11 Å². The molecule has 24 heavy (non-hydrogen) atoms. The van der Waals surface area contributed by atoms with Gasteiger partial charge in [-0.1, -0.05) is 18.2 Å². The van der Waals surface area contributed by atoms with Gasteiger partial charge in [-0.25, -0.2) is 0 Å². The van der Waals surface area contributed by atoms with Crippen LogP contribution in [0.1, 0.15) is 17.4 Å². The molecule has 1 atom stereocenters. The molecule has 0 spiro atoms. The molecule has 1 aromatic carbocycles. The minimum atomic E-state index is -4.72. The largest absolute Gasteiger partial charge is 0.496 e. The van der Waals surface area contributed by atoms with Crippen LogP contribution in [0.2, 0.25) is 0 Å². The topological polar surface area (TPSA) is 102 Å². The number of nitriles is 1. The summed E-state index contributed by atoms with van der Waals surface area (Å²) in [6.07, 6.45) is -4.72. The van der Waals surface area contributed by atoms with Crippen LogP contribution in [0.5, 0.6) is 5.75 Å². The number of halogens is 3. The van der Waals surface area contributed by atoms with E-state index in [9.17, 15) is 18.4 Å². The van der Waals surface area contributed by atoms with Crippen LogP contribution in [0.15, 0.2) is 29.8 Å². The standard InChI is InChI=1S/C14H11F3N6O/c1-24-9-5-3-2-4-7(9)10-8(6-18)11(19)23-13(20-10)21-12(22-23)14(15,16)17/h2-5,10H,19H2,1H3,(H,20,21,22). The van der Waals surface area contributed by atoms with Crippen molar-refractivity contribution in [3.63, 3.8) is 0 Å². The third-order valence-electron chi connectivity index (χ3n) is 3.50. The van der Waals surface area contributed by atoms with E-state index in [2.05, 4.69) is 15.4 Å². The van der Waals surface area contributed by atoms with Crippen molar-refractivity contribution in [2.75, 3.05) is 12.4 Å². The number of anilines is 1. The summed E-state index contributed by atoms with van der Waals surface area (Å²) in [7, 11) is 1.45. The van der Waals surface area contributed by atoms with Crippen LogP contribution in [0.4, 0.5) is 19.1 Å². The summed E-state index contributed by atoms with van der Waals surface area (Å²) >= 11 is 0. The third kappa shape index (κ3) is 2.40. The maximum atomic E-state index is 12.8. The Morgan fingerprint density at radius 1 is 1.38 bits per heavy atom. The first-order valence-electron chi connectivity index (χ1n) is 6.70. The second kappa shape index (κ2) is 5.45. The maximum Gasteiger partial charge on any atom is 0.453 e. The van der Waals surface area contributed by atoms with Crippen molar-refractivity contribution in [2.24, 2.45) is 5.73 Å². The molecule has 2 aromatic rings. The van der Waals surface area contributed by atoms with E-state index in [4.69, 9.17) is 10.5 Å². The van der Waals surface area contributed by atoms with Gasteiger partial charge in [0, 0.05) is 5.56 Å². The van der Waals surface area contributed by atoms with Crippen LogP contribution in [0.25, 0.3) is 5.82 Å². The number of aromatic nitrogens is 3. The van der Waals surface area contributed by atoms with Crippen LogP contribution < -0.4 is 15.8 Å². The van der Waals surface area contributed by atoms with Gasteiger partial charge in [-0.3, -0.25) is 0 Å². The molecule has 0 fully saturated rings. The highest BCUT2D eigenvalue weighted by atomic mass is 19.4. The van der Waals surface area contributed by atoms with Crippen molar-refractivity contribution in [1.82, 2.24) is 14.8 Å². The summed E-state index contributed by atoms with van der Waals surface area (Å²) in [6.45, 7) is 0. The zero-order valence-electron chi connectivity index (χ0n) is 12.3. The third-order valence-corrected chi connectivity index (χ3v) is 3.50. The molecule has 124 valence electrons. The molecule has 0 amide bonds. The van der Waals surface area contributed by atoms with Crippen molar-refractivity contribution in [3.8, 4) is 11.8 Å².